The molecule has 0 aliphatic carbocycles. The number of oxazole rings is 1. The summed E-state index contributed by atoms with van der Waals surface area (Å²) in [6, 6.07) is 9.14. The number of hydrogen-bond donors (Lipinski definition) is 0. The third-order valence-corrected chi connectivity index (χ3v) is 3.63. The lowest BCUT2D eigenvalue weighted by Gasteiger charge is -1.92. The molecule has 0 spiro atoms. The van der Waals surface area contributed by atoms with Gasteiger partial charge in [0.2, 0.25) is 5.82 Å². The van der Waals surface area contributed by atoms with E-state index in [-0.39, 0.29) is 0 Å². The molecule has 0 N–H and O–H groups in total. The minimum Gasteiger partial charge on any atom is -0.444 e. The summed E-state index contributed by atoms with van der Waals surface area (Å²) in [5.41, 5.74) is 2.34. The molecule has 0 fully saturated rings. The van der Waals surface area contributed by atoms with Gasteiger partial charge in [0, 0.05) is 12.0 Å². The first-order valence-corrected chi connectivity index (χ1v) is 7.51. The first kappa shape index (κ1) is 13.3. The summed E-state index contributed by atoms with van der Waals surface area (Å²) in [5.74, 6) is 2.03. The van der Waals surface area contributed by atoms with Gasteiger partial charge in [-0.2, -0.15) is 4.98 Å². The van der Waals surface area contributed by atoms with Crippen LogP contribution in [0, 0.1) is 0 Å². The molecule has 22 heavy (non-hydrogen) atoms. The van der Waals surface area contributed by atoms with Crippen LogP contribution in [-0.2, 0) is 6.42 Å². The van der Waals surface area contributed by atoms with Gasteiger partial charge in [-0.3, -0.25) is 0 Å². The number of fused-ring (bicyclic) bond motifs is 1. The molecule has 0 radical (unpaired) electrons. The summed E-state index contributed by atoms with van der Waals surface area (Å²) in [6.45, 7) is 2.00. The summed E-state index contributed by atoms with van der Waals surface area (Å²) in [4.78, 5) is 8.76. The largest absolute Gasteiger partial charge is 0.444 e. The second-order valence-electron chi connectivity index (χ2n) is 4.67. The molecule has 0 amide bonds. The van der Waals surface area contributed by atoms with Crippen molar-refractivity contribution < 1.29 is 13.4 Å². The van der Waals surface area contributed by atoms with E-state index in [0.717, 1.165) is 23.1 Å². The molecule has 6 nitrogen and oxygen atoms in total. The minimum absolute atomic E-state index is 0.329. The topological polar surface area (TPSA) is 78.1 Å². The Morgan fingerprint density at radius 2 is 2.00 bits per heavy atom. The van der Waals surface area contributed by atoms with E-state index in [1.165, 1.54) is 0 Å². The van der Waals surface area contributed by atoms with Crippen molar-refractivity contribution in [1.82, 2.24) is 15.1 Å². The average Bonchev–Trinajstić information content (AvgIpc) is 3.24. The van der Waals surface area contributed by atoms with Gasteiger partial charge in [0.05, 0.1) is 0 Å². The van der Waals surface area contributed by atoms with Crippen molar-refractivity contribution in [1.29, 1.82) is 0 Å². The van der Waals surface area contributed by atoms with Crippen LogP contribution in [0.15, 0.2) is 48.4 Å². The van der Waals surface area contributed by atoms with Crippen LogP contribution in [-0.4, -0.2) is 15.1 Å². The summed E-state index contributed by atoms with van der Waals surface area (Å²) in [7, 11) is 0. The van der Waals surface area contributed by atoms with Crippen LogP contribution >= 0.6 is 15.9 Å². The second kappa shape index (κ2) is 5.10. The zero-order chi connectivity index (χ0) is 15.1. The van der Waals surface area contributed by atoms with Gasteiger partial charge in [-0.1, -0.05) is 12.1 Å². The van der Waals surface area contributed by atoms with E-state index in [1.54, 1.807) is 12.1 Å². The number of benzene rings is 1. The van der Waals surface area contributed by atoms with Crippen molar-refractivity contribution in [2.45, 2.75) is 13.3 Å². The molecular weight excluding hydrogens is 350 g/mol. The van der Waals surface area contributed by atoms with E-state index in [4.69, 9.17) is 13.4 Å². The Morgan fingerprint density at radius 1 is 1.09 bits per heavy atom. The van der Waals surface area contributed by atoms with E-state index in [1.807, 2.05) is 25.1 Å². The van der Waals surface area contributed by atoms with Crippen molar-refractivity contribution in [3.8, 4) is 23.0 Å². The molecule has 0 saturated carbocycles. The van der Waals surface area contributed by atoms with Gasteiger partial charge in [0.15, 0.2) is 21.9 Å². The van der Waals surface area contributed by atoms with Crippen LogP contribution in [0.5, 0.6) is 0 Å². The quantitative estimate of drug-likeness (QED) is 0.537. The van der Waals surface area contributed by atoms with Crippen molar-refractivity contribution in [2.75, 3.05) is 0 Å². The zero-order valence-electron chi connectivity index (χ0n) is 11.5. The molecule has 3 heterocycles. The minimum atomic E-state index is 0.329. The molecule has 0 aliphatic heterocycles. The lowest BCUT2D eigenvalue weighted by atomic mass is 10.2. The van der Waals surface area contributed by atoms with Gasteiger partial charge in [0.1, 0.15) is 5.52 Å². The van der Waals surface area contributed by atoms with Crippen LogP contribution in [0.2, 0.25) is 0 Å². The maximum atomic E-state index is 5.59. The summed E-state index contributed by atoms with van der Waals surface area (Å²) in [6.07, 6.45) is 0.754. The Hall–Kier alpha value is -2.41. The van der Waals surface area contributed by atoms with Gasteiger partial charge < -0.3 is 13.4 Å². The third-order valence-electron chi connectivity index (χ3n) is 3.20. The van der Waals surface area contributed by atoms with Crippen LogP contribution in [0.1, 0.15) is 12.8 Å². The van der Waals surface area contributed by atoms with Crippen molar-refractivity contribution >= 4 is 27.0 Å². The lowest BCUT2D eigenvalue weighted by Crippen LogP contribution is -1.81. The molecule has 3 aromatic heterocycles. The molecule has 0 saturated heterocycles. The molecule has 0 bridgehead atoms. The third kappa shape index (κ3) is 2.23. The van der Waals surface area contributed by atoms with Gasteiger partial charge in [-0.25, -0.2) is 4.98 Å². The average molecular weight is 360 g/mol. The standard InChI is InChI=1S/C15H10BrN3O3/c1-2-13-17-9-7-8(3-4-10(9)21-13)14-18-15(22-19-14)11-5-6-12(16)20-11/h3-7H,2H2,1H3. The fraction of sp³-hybridized carbons (Fsp3) is 0.133. The predicted molar refractivity (Wildman–Crippen MR) is 82.1 cm³/mol. The molecule has 7 heteroatoms. The maximum Gasteiger partial charge on any atom is 0.293 e. The van der Waals surface area contributed by atoms with E-state index >= 15 is 0 Å². The van der Waals surface area contributed by atoms with E-state index in [2.05, 4.69) is 31.1 Å². The van der Waals surface area contributed by atoms with Crippen LogP contribution in [0.3, 0.4) is 0 Å². The summed E-state index contributed by atoms with van der Waals surface area (Å²) in [5, 5.41) is 3.99. The number of nitrogens with zero attached hydrogens (tertiary/aromatic N) is 3. The molecule has 1 aromatic carbocycles. The van der Waals surface area contributed by atoms with Gasteiger partial charge in [0.25, 0.3) is 5.89 Å². The van der Waals surface area contributed by atoms with Gasteiger partial charge in [-0.15, -0.1) is 0 Å². The highest BCUT2D eigenvalue weighted by atomic mass is 79.9. The van der Waals surface area contributed by atoms with E-state index < -0.39 is 0 Å². The first-order chi connectivity index (χ1) is 10.7. The Kier molecular flexibility index (Phi) is 3.07. The number of aromatic nitrogens is 3. The Labute approximate surface area is 133 Å². The zero-order valence-corrected chi connectivity index (χ0v) is 13.1. The Morgan fingerprint density at radius 3 is 2.77 bits per heavy atom. The fourth-order valence-corrected chi connectivity index (χ4v) is 2.44. The smallest absolute Gasteiger partial charge is 0.293 e. The van der Waals surface area contributed by atoms with Gasteiger partial charge in [-0.05, 0) is 46.3 Å². The number of hydrogen-bond acceptors (Lipinski definition) is 6. The molecule has 4 rings (SSSR count). The molecule has 110 valence electrons. The number of furan rings is 1. The fourth-order valence-electron chi connectivity index (χ4n) is 2.14. The highest BCUT2D eigenvalue weighted by molar-refractivity contribution is 9.10. The normalized spacial score (nSPS) is 11.4. The van der Waals surface area contributed by atoms with Crippen LogP contribution < -0.4 is 0 Å². The number of aryl methyl sites for hydroxylation is 1. The second-order valence-corrected chi connectivity index (χ2v) is 5.45. The van der Waals surface area contributed by atoms with Crippen molar-refractivity contribution in [3.05, 3.63) is 40.9 Å². The number of halogens is 1. The van der Waals surface area contributed by atoms with Crippen LogP contribution in [0.4, 0.5) is 0 Å². The van der Waals surface area contributed by atoms with Crippen molar-refractivity contribution in [2.24, 2.45) is 0 Å². The monoisotopic (exact) mass is 359 g/mol. The molecular formula is C15H10BrN3O3. The van der Waals surface area contributed by atoms with E-state index in [9.17, 15) is 0 Å². The van der Waals surface area contributed by atoms with E-state index in [0.29, 0.717) is 28.0 Å². The molecule has 0 atom stereocenters. The highest BCUT2D eigenvalue weighted by Crippen LogP contribution is 2.27. The predicted octanol–water partition coefficient (Wildman–Crippen LogP) is 4.46. The molecule has 4 aromatic rings. The first-order valence-electron chi connectivity index (χ1n) is 6.72. The number of rotatable bonds is 3. The van der Waals surface area contributed by atoms with Gasteiger partial charge >= 0.3 is 0 Å². The lowest BCUT2D eigenvalue weighted by molar-refractivity contribution is 0.414. The summed E-state index contributed by atoms with van der Waals surface area (Å²) >= 11 is 3.24. The summed E-state index contributed by atoms with van der Waals surface area (Å²) < 4.78 is 16.8. The molecule has 0 unspecified atom stereocenters. The SMILES string of the molecule is CCc1nc2cc(-c3noc(-c4ccc(Br)o4)n3)ccc2o1. The van der Waals surface area contributed by atoms with Crippen molar-refractivity contribution in [3.63, 3.8) is 0 Å². The molecule has 0 aliphatic rings. The maximum absolute atomic E-state index is 5.59. The highest BCUT2D eigenvalue weighted by Gasteiger charge is 2.15. The Balaban J connectivity index is 1.73. The Bertz CT molecular complexity index is 954. The van der Waals surface area contributed by atoms with Crippen LogP contribution in [0.25, 0.3) is 34.1 Å².